The number of carbonyl (C=O) groups excluding carboxylic acids is 2. The number of hydrogen-bond donors (Lipinski definition) is 3. The maximum atomic E-state index is 12.6. The quantitative estimate of drug-likeness (QED) is 0.164. The van der Waals surface area contributed by atoms with Gasteiger partial charge in [-0.25, -0.2) is 0 Å². The molecule has 3 aromatic carbocycles. The molecule has 0 bridgehead atoms. The summed E-state index contributed by atoms with van der Waals surface area (Å²) in [4.78, 5) is 35.5. The maximum Gasteiger partial charge on any atom is 0.293 e. The molecule has 0 aliphatic carbocycles. The van der Waals surface area contributed by atoms with Gasteiger partial charge in [-0.15, -0.1) is 0 Å². The summed E-state index contributed by atoms with van der Waals surface area (Å²) < 4.78 is 5.55. The molecule has 3 N–H and O–H groups in total. The minimum absolute atomic E-state index is 0.00613. The highest BCUT2D eigenvalue weighted by Crippen LogP contribution is 2.26. The summed E-state index contributed by atoms with van der Waals surface area (Å²) in [6.45, 7) is 0. The second-order valence-electron chi connectivity index (χ2n) is 7.42. The molecule has 0 aliphatic rings. The minimum atomic E-state index is -0.602. The summed E-state index contributed by atoms with van der Waals surface area (Å²) in [5.74, 6) is -0.661. The minimum Gasteiger partial charge on any atom is -0.451 e. The van der Waals surface area contributed by atoms with E-state index in [1.165, 1.54) is 30.3 Å². The van der Waals surface area contributed by atoms with Crippen molar-refractivity contribution in [3.8, 4) is 11.3 Å². The van der Waals surface area contributed by atoms with E-state index >= 15 is 0 Å². The van der Waals surface area contributed by atoms with E-state index < -0.39 is 10.8 Å². The molecule has 11 heteroatoms. The van der Waals surface area contributed by atoms with Crippen molar-refractivity contribution in [1.82, 2.24) is 5.32 Å². The molecule has 0 atom stereocenters. The third-order valence-corrected chi connectivity index (χ3v) is 5.30. The van der Waals surface area contributed by atoms with Crippen LogP contribution in [-0.2, 0) is 0 Å². The van der Waals surface area contributed by atoms with Gasteiger partial charge in [-0.2, -0.15) is 0 Å². The first-order valence-corrected chi connectivity index (χ1v) is 11.2. The van der Waals surface area contributed by atoms with Crippen molar-refractivity contribution >= 4 is 57.8 Å². The Morgan fingerprint density at radius 1 is 0.861 bits per heavy atom. The number of nitro benzene ring substituents is 1. The number of thiocarbonyl (C=S) groups is 1. The average molecular weight is 521 g/mol. The number of nitrogens with zero attached hydrogens (tertiary/aromatic N) is 1. The summed E-state index contributed by atoms with van der Waals surface area (Å²) in [5, 5.41) is 19.6. The van der Waals surface area contributed by atoms with E-state index in [1.54, 1.807) is 54.6 Å². The van der Waals surface area contributed by atoms with Crippen molar-refractivity contribution < 1.29 is 18.9 Å². The van der Waals surface area contributed by atoms with Crippen LogP contribution in [0.4, 0.5) is 17.1 Å². The largest absolute Gasteiger partial charge is 0.451 e. The number of nitro groups is 1. The number of non-ortho nitro benzene ring substituents is 1. The van der Waals surface area contributed by atoms with Gasteiger partial charge < -0.3 is 15.1 Å². The van der Waals surface area contributed by atoms with E-state index in [4.69, 9.17) is 28.2 Å². The van der Waals surface area contributed by atoms with E-state index in [1.807, 2.05) is 0 Å². The van der Waals surface area contributed by atoms with Crippen LogP contribution < -0.4 is 16.0 Å². The van der Waals surface area contributed by atoms with E-state index in [0.717, 1.165) is 0 Å². The van der Waals surface area contributed by atoms with Crippen LogP contribution >= 0.6 is 23.8 Å². The lowest BCUT2D eigenvalue weighted by Gasteiger charge is -2.11. The number of rotatable bonds is 6. The average Bonchev–Trinajstić information content (AvgIpc) is 3.35. The number of halogens is 1. The van der Waals surface area contributed by atoms with Crippen LogP contribution in [0, 0.1) is 10.1 Å². The highest BCUT2D eigenvalue weighted by molar-refractivity contribution is 7.80. The third kappa shape index (κ3) is 6.12. The summed E-state index contributed by atoms with van der Waals surface area (Å²) >= 11 is 11.2. The molecule has 0 radical (unpaired) electrons. The first-order valence-electron chi connectivity index (χ1n) is 10.4. The van der Waals surface area contributed by atoms with Crippen molar-refractivity contribution in [1.29, 1.82) is 0 Å². The Bertz CT molecular complexity index is 1490. The lowest BCUT2D eigenvalue weighted by atomic mass is 10.1. The standard InChI is InChI=1S/C25H17ClN4O5S/c26-17-6-1-5-16(12-17)23(31)27-18-7-3-8-19(14-18)28-25(36)29-24(32)22-11-10-21(35-22)15-4-2-9-20(13-15)30(33)34/h1-14H,(H,27,31)(H2,28,29,32,36). The van der Waals surface area contributed by atoms with Crippen LogP contribution in [0.1, 0.15) is 20.9 Å². The number of amides is 2. The van der Waals surface area contributed by atoms with Crippen LogP contribution in [-0.4, -0.2) is 21.9 Å². The molecular formula is C25H17ClN4O5S. The zero-order valence-corrected chi connectivity index (χ0v) is 19.9. The highest BCUT2D eigenvalue weighted by Gasteiger charge is 2.16. The van der Waals surface area contributed by atoms with Gasteiger partial charge in [-0.3, -0.25) is 25.0 Å². The Morgan fingerprint density at radius 2 is 1.58 bits per heavy atom. The molecule has 0 spiro atoms. The fraction of sp³-hybridized carbons (Fsp3) is 0. The summed E-state index contributed by atoms with van der Waals surface area (Å²) in [5.41, 5.74) is 1.81. The van der Waals surface area contributed by atoms with Gasteiger partial charge >= 0.3 is 0 Å². The second-order valence-corrected chi connectivity index (χ2v) is 8.27. The number of furan rings is 1. The lowest BCUT2D eigenvalue weighted by Crippen LogP contribution is -2.33. The molecule has 36 heavy (non-hydrogen) atoms. The topological polar surface area (TPSA) is 127 Å². The second kappa shape index (κ2) is 10.8. The SMILES string of the molecule is O=C(Nc1cccc(NC(=S)NC(=O)c2ccc(-c3cccc([N+](=O)[O-])c3)o2)c1)c1cccc(Cl)c1. The van der Waals surface area contributed by atoms with Gasteiger partial charge in [0.25, 0.3) is 17.5 Å². The predicted molar refractivity (Wildman–Crippen MR) is 140 cm³/mol. The Labute approximate surface area is 215 Å². The van der Waals surface area contributed by atoms with Crippen molar-refractivity contribution in [3.05, 3.63) is 111 Å². The Kier molecular flexibility index (Phi) is 7.38. The number of carbonyl (C=O) groups is 2. The zero-order chi connectivity index (χ0) is 25.7. The number of benzene rings is 3. The van der Waals surface area contributed by atoms with Crippen LogP contribution in [0.3, 0.4) is 0 Å². The summed E-state index contributed by atoms with van der Waals surface area (Å²) in [6, 6.07) is 22.2. The molecule has 180 valence electrons. The summed E-state index contributed by atoms with van der Waals surface area (Å²) in [6.07, 6.45) is 0. The van der Waals surface area contributed by atoms with E-state index in [2.05, 4.69) is 16.0 Å². The molecule has 4 aromatic rings. The lowest BCUT2D eigenvalue weighted by molar-refractivity contribution is -0.384. The molecule has 9 nitrogen and oxygen atoms in total. The van der Waals surface area contributed by atoms with Gasteiger partial charge in [0.05, 0.1) is 4.92 Å². The van der Waals surface area contributed by atoms with Crippen LogP contribution in [0.15, 0.2) is 89.3 Å². The van der Waals surface area contributed by atoms with Crippen molar-refractivity contribution in [2.75, 3.05) is 10.6 Å². The Balaban J connectivity index is 1.37. The maximum absolute atomic E-state index is 12.6. The van der Waals surface area contributed by atoms with Crippen molar-refractivity contribution in [3.63, 3.8) is 0 Å². The first-order chi connectivity index (χ1) is 17.3. The predicted octanol–water partition coefficient (Wildman–Crippen LogP) is 5.89. The highest BCUT2D eigenvalue weighted by atomic mass is 35.5. The normalized spacial score (nSPS) is 10.4. The smallest absolute Gasteiger partial charge is 0.293 e. The molecule has 1 aromatic heterocycles. The fourth-order valence-corrected chi connectivity index (χ4v) is 3.62. The third-order valence-electron chi connectivity index (χ3n) is 4.86. The Hall–Kier alpha value is -4.54. The molecule has 0 unspecified atom stereocenters. The van der Waals surface area contributed by atoms with Gasteiger partial charge in [0.2, 0.25) is 0 Å². The molecule has 0 saturated carbocycles. The fourth-order valence-electron chi connectivity index (χ4n) is 3.22. The van der Waals surface area contributed by atoms with E-state index in [9.17, 15) is 19.7 Å². The van der Waals surface area contributed by atoms with Crippen LogP contribution in [0.2, 0.25) is 5.02 Å². The number of hydrogen-bond acceptors (Lipinski definition) is 6. The molecule has 1 heterocycles. The monoisotopic (exact) mass is 520 g/mol. The van der Waals surface area contributed by atoms with Gasteiger partial charge in [-0.05, 0) is 60.7 Å². The Morgan fingerprint density at radius 3 is 2.33 bits per heavy atom. The molecule has 0 aliphatic heterocycles. The molecule has 4 rings (SSSR count). The van der Waals surface area contributed by atoms with E-state index in [0.29, 0.717) is 33.3 Å². The first kappa shape index (κ1) is 24.6. The molecule has 2 amide bonds. The van der Waals surface area contributed by atoms with Gasteiger partial charge in [-0.1, -0.05) is 35.9 Å². The van der Waals surface area contributed by atoms with Crippen molar-refractivity contribution in [2.24, 2.45) is 0 Å². The molecule has 0 fully saturated rings. The van der Waals surface area contributed by atoms with Crippen molar-refractivity contribution in [2.45, 2.75) is 0 Å². The number of nitrogens with one attached hydrogen (secondary N) is 3. The molecule has 0 saturated heterocycles. The van der Waals surface area contributed by atoms with Gasteiger partial charge in [0.15, 0.2) is 10.9 Å². The number of anilines is 2. The molecular weight excluding hydrogens is 504 g/mol. The van der Waals surface area contributed by atoms with Gasteiger partial charge in [0.1, 0.15) is 5.76 Å². The van der Waals surface area contributed by atoms with E-state index in [-0.39, 0.29) is 22.5 Å². The van der Waals surface area contributed by atoms with Crippen LogP contribution in [0.25, 0.3) is 11.3 Å². The zero-order valence-electron chi connectivity index (χ0n) is 18.4. The van der Waals surface area contributed by atoms with Gasteiger partial charge in [0, 0.05) is 39.7 Å². The van der Waals surface area contributed by atoms with Crippen LogP contribution in [0.5, 0.6) is 0 Å². The summed E-state index contributed by atoms with van der Waals surface area (Å²) in [7, 11) is 0.